The van der Waals surface area contributed by atoms with Crippen LogP contribution in [0.2, 0.25) is 0 Å². The fraction of sp³-hybridized carbons (Fsp3) is 0.214. The van der Waals surface area contributed by atoms with Crippen LogP contribution in [-0.2, 0) is 0 Å². The van der Waals surface area contributed by atoms with Gasteiger partial charge in [-0.15, -0.1) is 16.4 Å². The molecule has 3 rings (SSSR count). The van der Waals surface area contributed by atoms with E-state index in [0.29, 0.717) is 23.9 Å². The summed E-state index contributed by atoms with van der Waals surface area (Å²) in [5.41, 5.74) is 1.50. The second-order valence-corrected chi connectivity index (χ2v) is 5.26. The van der Waals surface area contributed by atoms with Gasteiger partial charge in [-0.3, -0.25) is 10.1 Å². The van der Waals surface area contributed by atoms with Gasteiger partial charge < -0.3 is 4.74 Å². The molecule has 0 aliphatic carbocycles. The largest absolute Gasteiger partial charge is 0.494 e. The normalized spacial score (nSPS) is 10.8. The van der Waals surface area contributed by atoms with Crippen LogP contribution in [0.3, 0.4) is 0 Å². The van der Waals surface area contributed by atoms with Crippen LogP contribution in [0.1, 0.15) is 23.0 Å². The molecule has 7 heteroatoms. The van der Waals surface area contributed by atoms with Gasteiger partial charge in [0.2, 0.25) is 4.96 Å². The summed E-state index contributed by atoms with van der Waals surface area (Å²) in [6.07, 6.45) is 0. The zero-order valence-electron chi connectivity index (χ0n) is 11.7. The number of ether oxygens (including phenoxy) is 1. The van der Waals surface area contributed by atoms with Crippen LogP contribution in [0.5, 0.6) is 5.75 Å². The number of aryl methyl sites for hydroxylation is 1. The first-order valence-corrected chi connectivity index (χ1v) is 7.40. The Morgan fingerprint density at radius 1 is 1.48 bits per heavy atom. The molecule has 1 N–H and O–H groups in total. The van der Waals surface area contributed by atoms with Gasteiger partial charge in [-0.25, -0.2) is 4.52 Å². The van der Waals surface area contributed by atoms with E-state index in [1.165, 1.54) is 11.3 Å². The first-order chi connectivity index (χ1) is 10.2. The number of benzene rings is 1. The van der Waals surface area contributed by atoms with E-state index in [0.717, 1.165) is 10.7 Å². The lowest BCUT2D eigenvalue weighted by atomic mass is 10.2. The summed E-state index contributed by atoms with van der Waals surface area (Å²) in [6, 6.07) is 7.02. The highest BCUT2D eigenvalue weighted by Crippen LogP contribution is 2.17. The molecule has 0 radical (unpaired) electrons. The van der Waals surface area contributed by atoms with Crippen molar-refractivity contribution in [2.24, 2.45) is 0 Å². The van der Waals surface area contributed by atoms with Crippen LogP contribution in [0, 0.1) is 6.92 Å². The lowest BCUT2D eigenvalue weighted by Gasteiger charge is -2.05. The molecule has 108 valence electrons. The maximum Gasteiger partial charge on any atom is 0.258 e. The van der Waals surface area contributed by atoms with E-state index >= 15 is 0 Å². The van der Waals surface area contributed by atoms with Gasteiger partial charge in [0.15, 0.2) is 0 Å². The fourth-order valence-electron chi connectivity index (χ4n) is 1.91. The van der Waals surface area contributed by atoms with E-state index in [1.54, 1.807) is 22.7 Å². The molecule has 0 bridgehead atoms. The van der Waals surface area contributed by atoms with Gasteiger partial charge in [-0.1, -0.05) is 6.07 Å². The van der Waals surface area contributed by atoms with Crippen molar-refractivity contribution in [3.8, 4) is 5.75 Å². The summed E-state index contributed by atoms with van der Waals surface area (Å²) in [5, 5.41) is 8.91. The lowest BCUT2D eigenvalue weighted by Crippen LogP contribution is -2.13. The molecule has 0 unspecified atom stereocenters. The molecular weight excluding hydrogens is 288 g/mol. The number of carbonyl (C=O) groups excluding carboxylic acids is 1. The maximum atomic E-state index is 12.2. The Balaban J connectivity index is 1.80. The van der Waals surface area contributed by atoms with E-state index in [4.69, 9.17) is 4.74 Å². The number of carbonyl (C=O) groups is 1. The van der Waals surface area contributed by atoms with Gasteiger partial charge in [0.1, 0.15) is 5.75 Å². The number of hydrogen-bond acceptors (Lipinski definition) is 5. The van der Waals surface area contributed by atoms with Crippen LogP contribution in [0.4, 0.5) is 5.95 Å². The lowest BCUT2D eigenvalue weighted by molar-refractivity contribution is 0.102. The van der Waals surface area contributed by atoms with E-state index < -0.39 is 0 Å². The third kappa shape index (κ3) is 2.73. The number of amides is 1. The molecule has 0 atom stereocenters. The van der Waals surface area contributed by atoms with Gasteiger partial charge in [0.05, 0.1) is 12.3 Å². The quantitative estimate of drug-likeness (QED) is 0.804. The molecule has 3 aromatic rings. The van der Waals surface area contributed by atoms with Gasteiger partial charge in [-0.2, -0.15) is 4.98 Å². The van der Waals surface area contributed by atoms with Gasteiger partial charge in [0, 0.05) is 10.9 Å². The van der Waals surface area contributed by atoms with Gasteiger partial charge in [-0.05, 0) is 32.0 Å². The average molecular weight is 302 g/mol. The molecule has 1 amide bonds. The molecular formula is C14H14N4O2S. The van der Waals surface area contributed by atoms with Gasteiger partial charge in [0.25, 0.3) is 11.9 Å². The number of aromatic nitrogens is 3. The van der Waals surface area contributed by atoms with Crippen molar-refractivity contribution in [3.63, 3.8) is 0 Å². The van der Waals surface area contributed by atoms with Crippen molar-refractivity contribution >= 4 is 28.2 Å². The second-order valence-electron chi connectivity index (χ2n) is 4.42. The number of rotatable bonds is 4. The van der Waals surface area contributed by atoms with Crippen molar-refractivity contribution in [1.82, 2.24) is 14.6 Å². The monoisotopic (exact) mass is 302 g/mol. The summed E-state index contributed by atoms with van der Waals surface area (Å²) in [7, 11) is 0. The van der Waals surface area contributed by atoms with E-state index in [-0.39, 0.29) is 5.91 Å². The summed E-state index contributed by atoms with van der Waals surface area (Å²) < 4.78 is 7.09. The number of nitrogens with one attached hydrogen (secondary N) is 1. The Labute approximate surface area is 125 Å². The predicted molar refractivity (Wildman–Crippen MR) is 81.2 cm³/mol. The van der Waals surface area contributed by atoms with Crippen molar-refractivity contribution < 1.29 is 9.53 Å². The smallest absolute Gasteiger partial charge is 0.258 e. The number of hydrogen-bond donors (Lipinski definition) is 1. The number of thiazole rings is 1. The molecule has 0 saturated heterocycles. The minimum Gasteiger partial charge on any atom is -0.494 e. The van der Waals surface area contributed by atoms with Crippen LogP contribution >= 0.6 is 11.3 Å². The molecule has 0 saturated carbocycles. The molecule has 2 heterocycles. The first kappa shape index (κ1) is 13.6. The molecule has 0 aliphatic heterocycles. The SMILES string of the molecule is CCOc1cccc(C(=O)Nc2nc3scc(C)n3n2)c1. The summed E-state index contributed by atoms with van der Waals surface area (Å²) in [6.45, 7) is 4.40. The maximum absolute atomic E-state index is 12.2. The van der Waals surface area contributed by atoms with E-state index in [9.17, 15) is 4.79 Å². The van der Waals surface area contributed by atoms with Crippen molar-refractivity contribution in [1.29, 1.82) is 0 Å². The summed E-state index contributed by atoms with van der Waals surface area (Å²) in [4.78, 5) is 17.2. The molecule has 0 spiro atoms. The highest BCUT2D eigenvalue weighted by Gasteiger charge is 2.12. The van der Waals surface area contributed by atoms with Gasteiger partial charge >= 0.3 is 0 Å². The molecule has 0 aliphatic rings. The van der Waals surface area contributed by atoms with E-state index in [2.05, 4.69) is 15.4 Å². The highest BCUT2D eigenvalue weighted by molar-refractivity contribution is 7.15. The summed E-state index contributed by atoms with van der Waals surface area (Å²) >= 11 is 1.48. The highest BCUT2D eigenvalue weighted by atomic mass is 32.1. The van der Waals surface area contributed by atoms with Crippen molar-refractivity contribution in [2.75, 3.05) is 11.9 Å². The molecule has 2 aromatic heterocycles. The van der Waals surface area contributed by atoms with Crippen LogP contribution in [-0.4, -0.2) is 27.1 Å². The predicted octanol–water partition coefficient (Wildman–Crippen LogP) is 2.75. The van der Waals surface area contributed by atoms with Crippen molar-refractivity contribution in [2.45, 2.75) is 13.8 Å². The zero-order valence-corrected chi connectivity index (χ0v) is 12.5. The second kappa shape index (κ2) is 5.53. The van der Waals surface area contributed by atoms with E-state index in [1.807, 2.05) is 25.3 Å². The fourth-order valence-corrected chi connectivity index (χ4v) is 2.71. The summed E-state index contributed by atoms with van der Waals surface area (Å²) in [5.74, 6) is 0.712. The molecule has 21 heavy (non-hydrogen) atoms. The Hall–Kier alpha value is -2.41. The molecule has 1 aromatic carbocycles. The number of anilines is 1. The molecule has 0 fully saturated rings. The first-order valence-electron chi connectivity index (χ1n) is 6.52. The Bertz CT molecular complexity index is 793. The van der Waals surface area contributed by atoms with Crippen LogP contribution in [0.15, 0.2) is 29.6 Å². The average Bonchev–Trinajstić information content (AvgIpc) is 3.02. The zero-order chi connectivity index (χ0) is 14.8. The van der Waals surface area contributed by atoms with Crippen LogP contribution in [0.25, 0.3) is 4.96 Å². The Morgan fingerprint density at radius 3 is 3.10 bits per heavy atom. The Morgan fingerprint density at radius 2 is 2.33 bits per heavy atom. The van der Waals surface area contributed by atoms with Crippen molar-refractivity contribution in [3.05, 3.63) is 40.9 Å². The third-order valence-electron chi connectivity index (χ3n) is 2.88. The third-order valence-corrected chi connectivity index (χ3v) is 3.81. The molecule has 6 nitrogen and oxygen atoms in total. The number of fused-ring (bicyclic) bond motifs is 1. The standard InChI is InChI=1S/C14H14N4O2S/c1-3-20-11-6-4-5-10(7-11)12(19)15-13-16-14-18(17-13)9(2)8-21-14/h4-8H,3H2,1-2H3,(H,15,17,19). The minimum atomic E-state index is -0.257. The number of nitrogens with zero attached hydrogens (tertiary/aromatic N) is 3. The van der Waals surface area contributed by atoms with Crippen LogP contribution < -0.4 is 10.1 Å². The topological polar surface area (TPSA) is 68.5 Å². The Kier molecular flexibility index (Phi) is 3.57. The minimum absolute atomic E-state index is 0.257.